The van der Waals surface area contributed by atoms with Crippen LogP contribution < -0.4 is 11.3 Å². The molecule has 0 radical (unpaired) electrons. The zero-order valence-electron chi connectivity index (χ0n) is 10.3. The zero-order valence-corrected chi connectivity index (χ0v) is 10.3. The molecule has 0 amide bonds. The largest absolute Gasteiger partial charge is 0.392 e. The lowest BCUT2D eigenvalue weighted by atomic mass is 9.74. The molecule has 1 aliphatic rings. The highest BCUT2D eigenvalue weighted by Gasteiger charge is 2.47. The molecule has 17 heavy (non-hydrogen) atoms. The number of allylic oxidation sites excluding steroid dienone is 1. The van der Waals surface area contributed by atoms with Gasteiger partial charge in [0.15, 0.2) is 0 Å². The molecule has 0 heterocycles. The molecule has 3 N–H and O–H groups in total. The third-order valence-electron chi connectivity index (χ3n) is 3.41. The minimum absolute atomic E-state index is 0.225. The summed E-state index contributed by atoms with van der Waals surface area (Å²) in [6.45, 7) is 3.74. The highest BCUT2D eigenvalue weighted by atomic mass is 19.4. The van der Waals surface area contributed by atoms with Crippen LogP contribution in [0.15, 0.2) is 11.6 Å². The summed E-state index contributed by atoms with van der Waals surface area (Å²) in [6, 6.07) is -0.382. The molecular formula is C12H21F3N2. The van der Waals surface area contributed by atoms with Gasteiger partial charge >= 0.3 is 6.18 Å². The second-order valence-electron chi connectivity index (χ2n) is 5.03. The van der Waals surface area contributed by atoms with E-state index in [1.54, 1.807) is 6.08 Å². The molecule has 100 valence electrons. The van der Waals surface area contributed by atoms with Gasteiger partial charge in [-0.05, 0) is 32.6 Å². The van der Waals surface area contributed by atoms with Gasteiger partial charge in [0.2, 0.25) is 0 Å². The average Bonchev–Trinajstić information content (AvgIpc) is 2.24. The smallest absolute Gasteiger partial charge is 0.271 e. The first-order valence-electron chi connectivity index (χ1n) is 6.04. The summed E-state index contributed by atoms with van der Waals surface area (Å²) >= 11 is 0. The van der Waals surface area contributed by atoms with Gasteiger partial charge in [0.25, 0.3) is 0 Å². The Kier molecular flexibility index (Phi) is 5.01. The maximum absolute atomic E-state index is 12.9. The number of hydrogen-bond acceptors (Lipinski definition) is 2. The van der Waals surface area contributed by atoms with Crippen LogP contribution in [0, 0.1) is 11.8 Å². The lowest BCUT2D eigenvalue weighted by molar-refractivity contribution is -0.198. The van der Waals surface area contributed by atoms with Crippen molar-refractivity contribution in [2.45, 2.75) is 51.7 Å². The molecule has 1 fully saturated rings. The van der Waals surface area contributed by atoms with E-state index >= 15 is 0 Å². The van der Waals surface area contributed by atoms with Crippen LogP contribution in [0.3, 0.4) is 0 Å². The van der Waals surface area contributed by atoms with Crippen molar-refractivity contribution in [3.63, 3.8) is 0 Å². The van der Waals surface area contributed by atoms with Crippen LogP contribution in [0.2, 0.25) is 0 Å². The first kappa shape index (κ1) is 14.5. The second kappa shape index (κ2) is 5.87. The van der Waals surface area contributed by atoms with E-state index in [0.717, 1.165) is 12.0 Å². The van der Waals surface area contributed by atoms with Crippen LogP contribution in [0.5, 0.6) is 0 Å². The summed E-state index contributed by atoms with van der Waals surface area (Å²) in [6.07, 6.45) is 0.00892. The van der Waals surface area contributed by atoms with E-state index in [0.29, 0.717) is 12.8 Å². The summed E-state index contributed by atoms with van der Waals surface area (Å²) in [7, 11) is 0. The second-order valence-corrected chi connectivity index (χ2v) is 5.03. The molecule has 0 aromatic carbocycles. The summed E-state index contributed by atoms with van der Waals surface area (Å²) in [5, 5.41) is 0. The summed E-state index contributed by atoms with van der Waals surface area (Å²) in [5.74, 6) is 3.73. The topological polar surface area (TPSA) is 38.0 Å². The number of nitrogens with one attached hydrogen (secondary N) is 1. The molecule has 0 bridgehead atoms. The van der Waals surface area contributed by atoms with Gasteiger partial charge in [-0.1, -0.05) is 24.5 Å². The highest BCUT2D eigenvalue weighted by Crippen LogP contribution is 2.43. The molecule has 1 rings (SSSR count). The maximum Gasteiger partial charge on any atom is 0.392 e. The predicted octanol–water partition coefficient (Wildman–Crippen LogP) is 3.15. The van der Waals surface area contributed by atoms with Crippen molar-refractivity contribution in [3.05, 3.63) is 11.6 Å². The van der Waals surface area contributed by atoms with Crippen molar-refractivity contribution in [1.82, 2.24) is 5.43 Å². The Morgan fingerprint density at radius 1 is 1.29 bits per heavy atom. The van der Waals surface area contributed by atoms with Crippen LogP contribution in [0.1, 0.15) is 39.5 Å². The number of hydrazine groups is 1. The molecule has 1 saturated carbocycles. The zero-order chi connectivity index (χ0) is 13.1. The predicted molar refractivity (Wildman–Crippen MR) is 62.0 cm³/mol. The van der Waals surface area contributed by atoms with Crippen LogP contribution in [-0.2, 0) is 0 Å². The van der Waals surface area contributed by atoms with E-state index in [1.165, 1.54) is 0 Å². The Labute approximate surface area is 100 Å². The van der Waals surface area contributed by atoms with Crippen molar-refractivity contribution in [2.24, 2.45) is 17.7 Å². The summed E-state index contributed by atoms with van der Waals surface area (Å²) in [4.78, 5) is 0. The third-order valence-corrected chi connectivity index (χ3v) is 3.41. The van der Waals surface area contributed by atoms with Gasteiger partial charge in [-0.3, -0.25) is 11.3 Å². The van der Waals surface area contributed by atoms with Crippen molar-refractivity contribution in [3.8, 4) is 0 Å². The van der Waals surface area contributed by atoms with Gasteiger partial charge in [0, 0.05) is 6.04 Å². The van der Waals surface area contributed by atoms with E-state index in [4.69, 9.17) is 5.84 Å². The number of rotatable bonds is 3. The van der Waals surface area contributed by atoms with Gasteiger partial charge in [0.1, 0.15) is 0 Å². The molecule has 0 saturated heterocycles. The molecule has 3 unspecified atom stereocenters. The summed E-state index contributed by atoms with van der Waals surface area (Å²) < 4.78 is 38.8. The van der Waals surface area contributed by atoms with E-state index in [-0.39, 0.29) is 12.5 Å². The van der Waals surface area contributed by atoms with Gasteiger partial charge in [-0.15, -0.1) is 0 Å². The van der Waals surface area contributed by atoms with Crippen LogP contribution >= 0.6 is 0 Å². The van der Waals surface area contributed by atoms with Gasteiger partial charge in [-0.25, -0.2) is 0 Å². The van der Waals surface area contributed by atoms with Crippen LogP contribution in [0.25, 0.3) is 0 Å². The lowest BCUT2D eigenvalue weighted by Gasteiger charge is -2.36. The Hall–Kier alpha value is -0.550. The van der Waals surface area contributed by atoms with Crippen LogP contribution in [0.4, 0.5) is 13.2 Å². The fourth-order valence-corrected chi connectivity index (χ4v) is 2.65. The average molecular weight is 250 g/mol. The molecule has 5 heteroatoms. The van der Waals surface area contributed by atoms with Gasteiger partial charge in [-0.2, -0.15) is 13.2 Å². The molecule has 0 aromatic rings. The molecule has 2 nitrogen and oxygen atoms in total. The van der Waals surface area contributed by atoms with Gasteiger partial charge < -0.3 is 0 Å². The van der Waals surface area contributed by atoms with E-state index < -0.39 is 18.0 Å². The fraction of sp³-hybridized carbons (Fsp3) is 0.833. The van der Waals surface area contributed by atoms with Gasteiger partial charge in [0.05, 0.1) is 5.92 Å². The minimum atomic E-state index is -4.12. The van der Waals surface area contributed by atoms with Crippen molar-refractivity contribution >= 4 is 0 Å². The lowest BCUT2D eigenvalue weighted by Crippen LogP contribution is -2.47. The molecule has 1 aliphatic carbocycles. The standard InChI is InChI=1S/C12H21F3N2/c1-8(2)7-11(17-16)9-5-3-4-6-10(9)12(13,14)15/h7,9-11,17H,3-6,16H2,1-2H3. The molecule has 0 aromatic heterocycles. The number of hydrogen-bond donors (Lipinski definition) is 2. The quantitative estimate of drug-likeness (QED) is 0.459. The normalized spacial score (nSPS) is 27.6. The number of alkyl halides is 3. The van der Waals surface area contributed by atoms with Crippen molar-refractivity contribution < 1.29 is 13.2 Å². The van der Waals surface area contributed by atoms with E-state index in [2.05, 4.69) is 5.43 Å². The molecule has 3 atom stereocenters. The fourth-order valence-electron chi connectivity index (χ4n) is 2.65. The first-order chi connectivity index (χ1) is 7.86. The number of nitrogens with two attached hydrogens (primary N) is 1. The monoisotopic (exact) mass is 250 g/mol. The number of halogens is 3. The third kappa shape index (κ3) is 4.00. The van der Waals surface area contributed by atoms with E-state index in [9.17, 15) is 13.2 Å². The Balaban J connectivity index is 2.86. The Bertz CT molecular complexity index is 269. The Morgan fingerprint density at radius 3 is 2.35 bits per heavy atom. The molecular weight excluding hydrogens is 229 g/mol. The minimum Gasteiger partial charge on any atom is -0.271 e. The molecule has 0 spiro atoms. The van der Waals surface area contributed by atoms with E-state index in [1.807, 2.05) is 13.8 Å². The first-order valence-corrected chi connectivity index (χ1v) is 6.04. The maximum atomic E-state index is 12.9. The molecule has 0 aliphatic heterocycles. The van der Waals surface area contributed by atoms with Crippen molar-refractivity contribution in [1.29, 1.82) is 0 Å². The Morgan fingerprint density at radius 2 is 1.88 bits per heavy atom. The van der Waals surface area contributed by atoms with Crippen molar-refractivity contribution in [2.75, 3.05) is 0 Å². The summed E-state index contributed by atoms with van der Waals surface area (Å²) in [5.41, 5.74) is 3.51. The van der Waals surface area contributed by atoms with Crippen LogP contribution in [-0.4, -0.2) is 12.2 Å². The highest BCUT2D eigenvalue weighted by molar-refractivity contribution is 5.05. The SMILES string of the molecule is CC(C)=CC(NN)C1CCCCC1C(F)(F)F.